The molecule has 0 unspecified atom stereocenters. The molecule has 1 aliphatic carbocycles. The molecule has 0 radical (unpaired) electrons. The van der Waals surface area contributed by atoms with E-state index in [2.05, 4.69) is 65.0 Å². The van der Waals surface area contributed by atoms with Crippen molar-refractivity contribution in [3.05, 3.63) is 58.7 Å². The Labute approximate surface area is 224 Å². The van der Waals surface area contributed by atoms with Crippen LogP contribution in [0.3, 0.4) is 0 Å². The van der Waals surface area contributed by atoms with E-state index in [4.69, 9.17) is 4.74 Å². The van der Waals surface area contributed by atoms with Crippen LogP contribution in [-0.2, 0) is 9.53 Å². The number of carbonyl (C=O) groups is 1. The lowest BCUT2D eigenvalue weighted by atomic mass is 9.72. The molecule has 0 heterocycles. The third-order valence-corrected chi connectivity index (χ3v) is 7.41. The molecule has 36 heavy (non-hydrogen) atoms. The van der Waals surface area contributed by atoms with Gasteiger partial charge in [0, 0.05) is 6.42 Å². The van der Waals surface area contributed by atoms with Crippen LogP contribution >= 0.6 is 0 Å². The second-order valence-electron chi connectivity index (χ2n) is 11.5. The standard InChI is InChI=1S/C34H56O2/c1-7-8-9-10-11-12-13-14-15-16-17-23-33(35)36-28-26-30(3)21-18-20-29(2)24-25-32-31(4)22-19-27-34(32,5)6/h18,20-21,24-26H,7-17,19,22-23,27-28H2,1-6H3/b21-18+,25-24+,29-20-,30-26+. The van der Waals surface area contributed by atoms with Gasteiger partial charge in [0.05, 0.1) is 0 Å². The predicted molar refractivity (Wildman–Crippen MR) is 158 cm³/mol. The average molecular weight is 497 g/mol. The number of hydrogen-bond acceptors (Lipinski definition) is 2. The number of carbonyl (C=O) groups excluding carboxylic acids is 1. The highest BCUT2D eigenvalue weighted by molar-refractivity contribution is 5.69. The third kappa shape index (κ3) is 15.3. The Morgan fingerprint density at radius 1 is 0.889 bits per heavy atom. The Kier molecular flexibility index (Phi) is 17.3. The molecule has 0 saturated carbocycles. The van der Waals surface area contributed by atoms with Gasteiger partial charge in [0.25, 0.3) is 0 Å². The molecule has 2 heteroatoms. The molecule has 1 rings (SSSR count). The molecule has 0 aromatic heterocycles. The van der Waals surface area contributed by atoms with Crippen molar-refractivity contribution in [2.45, 2.75) is 138 Å². The zero-order chi connectivity index (χ0) is 26.7. The van der Waals surface area contributed by atoms with E-state index >= 15 is 0 Å². The molecule has 0 atom stereocenters. The highest BCUT2D eigenvalue weighted by Crippen LogP contribution is 2.40. The normalized spacial score (nSPS) is 16.9. The van der Waals surface area contributed by atoms with E-state index < -0.39 is 0 Å². The molecule has 2 nitrogen and oxygen atoms in total. The summed E-state index contributed by atoms with van der Waals surface area (Å²) < 4.78 is 5.39. The summed E-state index contributed by atoms with van der Waals surface area (Å²) in [5.41, 5.74) is 5.65. The van der Waals surface area contributed by atoms with Gasteiger partial charge >= 0.3 is 5.97 Å². The highest BCUT2D eigenvalue weighted by Gasteiger charge is 2.26. The summed E-state index contributed by atoms with van der Waals surface area (Å²) in [6.45, 7) is 13.8. The summed E-state index contributed by atoms with van der Waals surface area (Å²) in [6, 6.07) is 0. The largest absolute Gasteiger partial charge is 0.461 e. The molecule has 0 fully saturated rings. The molecule has 0 aromatic rings. The SMILES string of the molecule is CCCCCCCCCCCCCC(=O)OC/C=C(C)/C=C/C=C(C)\C=C\C1=C(C)CCCC1(C)C. The Bertz CT molecular complexity index is 773. The van der Waals surface area contributed by atoms with Gasteiger partial charge in [0.15, 0.2) is 0 Å². The zero-order valence-electron chi connectivity index (χ0n) is 24.6. The molecule has 0 aliphatic heterocycles. The van der Waals surface area contributed by atoms with Crippen LogP contribution in [-0.4, -0.2) is 12.6 Å². The number of rotatable bonds is 18. The van der Waals surface area contributed by atoms with E-state index in [9.17, 15) is 4.79 Å². The quantitative estimate of drug-likeness (QED) is 0.107. The number of esters is 1. The van der Waals surface area contributed by atoms with Crippen molar-refractivity contribution in [3.8, 4) is 0 Å². The minimum Gasteiger partial charge on any atom is -0.461 e. The molecule has 0 bridgehead atoms. The molecule has 1 aliphatic rings. The Morgan fingerprint density at radius 3 is 2.11 bits per heavy atom. The van der Waals surface area contributed by atoms with E-state index in [0.29, 0.717) is 13.0 Å². The van der Waals surface area contributed by atoms with Crippen LogP contribution in [0.1, 0.15) is 138 Å². The second kappa shape index (κ2) is 19.3. The number of allylic oxidation sites excluding steroid dienone is 9. The minimum atomic E-state index is -0.0740. The summed E-state index contributed by atoms with van der Waals surface area (Å²) in [7, 11) is 0. The first-order chi connectivity index (χ1) is 17.3. The van der Waals surface area contributed by atoms with Crippen LogP contribution in [0.25, 0.3) is 0 Å². The smallest absolute Gasteiger partial charge is 0.306 e. The Hall–Kier alpha value is -1.83. The van der Waals surface area contributed by atoms with E-state index in [1.165, 1.54) is 93.8 Å². The van der Waals surface area contributed by atoms with Gasteiger partial charge in [-0.2, -0.15) is 0 Å². The van der Waals surface area contributed by atoms with Gasteiger partial charge in [0.2, 0.25) is 0 Å². The van der Waals surface area contributed by atoms with Gasteiger partial charge in [-0.1, -0.05) is 132 Å². The molecule has 204 valence electrons. The van der Waals surface area contributed by atoms with Crippen molar-refractivity contribution in [2.75, 3.05) is 6.61 Å². The van der Waals surface area contributed by atoms with Gasteiger partial charge < -0.3 is 4.74 Å². The lowest BCUT2D eigenvalue weighted by molar-refractivity contribution is -0.142. The lowest BCUT2D eigenvalue weighted by Gasteiger charge is -2.32. The van der Waals surface area contributed by atoms with E-state index in [0.717, 1.165) is 18.4 Å². The van der Waals surface area contributed by atoms with E-state index in [1.807, 2.05) is 13.0 Å². The fraction of sp³-hybridized carbons (Fsp3) is 0.676. The van der Waals surface area contributed by atoms with Gasteiger partial charge in [0.1, 0.15) is 6.61 Å². The van der Waals surface area contributed by atoms with Crippen LogP contribution in [0.5, 0.6) is 0 Å². The highest BCUT2D eigenvalue weighted by atomic mass is 16.5. The Morgan fingerprint density at radius 2 is 1.50 bits per heavy atom. The van der Waals surface area contributed by atoms with Crippen molar-refractivity contribution in [1.29, 1.82) is 0 Å². The maximum Gasteiger partial charge on any atom is 0.306 e. The lowest BCUT2D eigenvalue weighted by Crippen LogP contribution is -2.19. The number of hydrogen-bond donors (Lipinski definition) is 0. The molecule has 0 saturated heterocycles. The first-order valence-corrected chi connectivity index (χ1v) is 14.8. The fourth-order valence-electron chi connectivity index (χ4n) is 4.97. The zero-order valence-corrected chi connectivity index (χ0v) is 24.6. The minimum absolute atomic E-state index is 0.0740. The predicted octanol–water partition coefficient (Wildman–Crippen LogP) is 10.8. The molecular weight excluding hydrogens is 440 g/mol. The molecule has 0 spiro atoms. The van der Waals surface area contributed by atoms with Gasteiger partial charge in [-0.05, 0) is 63.5 Å². The van der Waals surface area contributed by atoms with Crippen molar-refractivity contribution >= 4 is 5.97 Å². The van der Waals surface area contributed by atoms with E-state index in [1.54, 1.807) is 0 Å². The summed E-state index contributed by atoms with van der Waals surface area (Å²) in [6.07, 6.45) is 31.4. The monoisotopic (exact) mass is 496 g/mol. The van der Waals surface area contributed by atoms with Crippen molar-refractivity contribution in [2.24, 2.45) is 5.41 Å². The first kappa shape index (κ1) is 32.2. The average Bonchev–Trinajstić information content (AvgIpc) is 2.82. The van der Waals surface area contributed by atoms with Gasteiger partial charge in [-0.25, -0.2) is 0 Å². The summed E-state index contributed by atoms with van der Waals surface area (Å²) in [5.74, 6) is -0.0740. The van der Waals surface area contributed by atoms with Crippen LogP contribution in [0.2, 0.25) is 0 Å². The maximum atomic E-state index is 12.0. The molecule has 0 amide bonds. The number of ether oxygens (including phenoxy) is 1. The summed E-state index contributed by atoms with van der Waals surface area (Å²) in [4.78, 5) is 12.0. The van der Waals surface area contributed by atoms with E-state index in [-0.39, 0.29) is 11.4 Å². The summed E-state index contributed by atoms with van der Waals surface area (Å²) >= 11 is 0. The van der Waals surface area contributed by atoms with Crippen LogP contribution in [0.15, 0.2) is 58.7 Å². The molecular formula is C34H56O2. The van der Waals surface area contributed by atoms with Crippen LogP contribution in [0, 0.1) is 5.41 Å². The second-order valence-corrected chi connectivity index (χ2v) is 11.5. The Balaban J connectivity index is 2.19. The first-order valence-electron chi connectivity index (χ1n) is 14.8. The number of unbranched alkanes of at least 4 members (excludes halogenated alkanes) is 10. The summed E-state index contributed by atoms with van der Waals surface area (Å²) in [5, 5.41) is 0. The van der Waals surface area contributed by atoms with Gasteiger partial charge in [-0.3, -0.25) is 4.79 Å². The molecule has 0 N–H and O–H groups in total. The van der Waals surface area contributed by atoms with Crippen molar-refractivity contribution in [3.63, 3.8) is 0 Å². The van der Waals surface area contributed by atoms with Crippen LogP contribution in [0.4, 0.5) is 0 Å². The fourth-order valence-corrected chi connectivity index (χ4v) is 4.97. The van der Waals surface area contributed by atoms with Gasteiger partial charge in [-0.15, -0.1) is 0 Å². The molecule has 0 aromatic carbocycles. The van der Waals surface area contributed by atoms with Crippen molar-refractivity contribution < 1.29 is 9.53 Å². The van der Waals surface area contributed by atoms with Crippen LogP contribution < -0.4 is 0 Å². The third-order valence-electron chi connectivity index (χ3n) is 7.41. The topological polar surface area (TPSA) is 26.3 Å². The van der Waals surface area contributed by atoms with Crippen molar-refractivity contribution in [1.82, 2.24) is 0 Å². The maximum absolute atomic E-state index is 12.0.